The highest BCUT2D eigenvalue weighted by atomic mass is 19.1. The summed E-state index contributed by atoms with van der Waals surface area (Å²) in [7, 11) is 0. The van der Waals surface area contributed by atoms with Crippen LogP contribution in [0, 0.1) is 5.82 Å². The van der Waals surface area contributed by atoms with Crippen LogP contribution in [0.4, 0.5) is 9.18 Å². The van der Waals surface area contributed by atoms with E-state index in [4.69, 9.17) is 0 Å². The normalized spacial score (nSPS) is 19.5. The summed E-state index contributed by atoms with van der Waals surface area (Å²) in [6, 6.07) is 4.62. The van der Waals surface area contributed by atoms with Crippen LogP contribution in [-0.2, 0) is 15.1 Å². The van der Waals surface area contributed by atoms with Gasteiger partial charge < -0.3 is 10.2 Å². The summed E-state index contributed by atoms with van der Waals surface area (Å²) >= 11 is 0. The van der Waals surface area contributed by atoms with Crippen molar-refractivity contribution in [2.45, 2.75) is 12.5 Å². The van der Waals surface area contributed by atoms with Crippen molar-refractivity contribution in [2.24, 2.45) is 0 Å². The molecule has 1 N–H and O–H groups in total. The van der Waals surface area contributed by atoms with E-state index in [0.29, 0.717) is 5.56 Å². The molecule has 132 valence electrons. The van der Waals surface area contributed by atoms with Gasteiger partial charge in [-0.2, -0.15) is 0 Å². The minimum atomic E-state index is -1.34. The molecule has 0 spiro atoms. The number of urea groups is 1. The Labute approximate surface area is 145 Å². The zero-order chi connectivity index (χ0) is 18.6. The first kappa shape index (κ1) is 18.4. The molecule has 0 radical (unpaired) electrons. The van der Waals surface area contributed by atoms with Gasteiger partial charge in [0.05, 0.1) is 0 Å². The first-order chi connectivity index (χ1) is 11.8. The van der Waals surface area contributed by atoms with Gasteiger partial charge >= 0.3 is 6.03 Å². The van der Waals surface area contributed by atoms with Crippen molar-refractivity contribution in [1.82, 2.24) is 15.1 Å². The van der Waals surface area contributed by atoms with E-state index in [-0.39, 0.29) is 19.6 Å². The molecule has 6 nitrogen and oxygen atoms in total. The molecule has 0 bridgehead atoms. The van der Waals surface area contributed by atoms with Crippen LogP contribution in [0.5, 0.6) is 0 Å². The quantitative estimate of drug-likeness (QED) is 0.605. The van der Waals surface area contributed by atoms with Crippen molar-refractivity contribution in [3.8, 4) is 0 Å². The maximum absolute atomic E-state index is 13.1. The van der Waals surface area contributed by atoms with E-state index in [1.165, 1.54) is 36.1 Å². The largest absolute Gasteiger partial charge is 0.334 e. The standard InChI is InChI=1S/C18H20FN3O3/c1-4-10-21(11-5-2)15(23)12-22-16(24)18(3,20-17(22)25)13-6-8-14(19)9-7-13/h4-9H,1-2,10-12H2,3H3,(H,20,25). The Hall–Kier alpha value is -2.96. The Balaban J connectivity index is 2.20. The molecule has 1 heterocycles. The third-order valence-corrected chi connectivity index (χ3v) is 4.04. The van der Waals surface area contributed by atoms with Crippen molar-refractivity contribution in [3.05, 3.63) is 61.0 Å². The highest BCUT2D eigenvalue weighted by Gasteiger charge is 2.49. The Morgan fingerprint density at radius 2 is 1.80 bits per heavy atom. The van der Waals surface area contributed by atoms with Crippen molar-refractivity contribution in [2.75, 3.05) is 19.6 Å². The summed E-state index contributed by atoms with van der Waals surface area (Å²) in [6.45, 7) is 8.86. The molecule has 4 amide bonds. The lowest BCUT2D eigenvalue weighted by atomic mass is 9.92. The van der Waals surface area contributed by atoms with Gasteiger partial charge in [0.15, 0.2) is 0 Å². The van der Waals surface area contributed by atoms with E-state index in [0.717, 1.165) is 4.90 Å². The maximum Gasteiger partial charge on any atom is 0.325 e. The Morgan fingerprint density at radius 3 is 2.32 bits per heavy atom. The van der Waals surface area contributed by atoms with Gasteiger partial charge in [-0.15, -0.1) is 13.2 Å². The minimum absolute atomic E-state index is 0.281. The first-order valence-electron chi connectivity index (χ1n) is 7.73. The lowest BCUT2D eigenvalue weighted by Crippen LogP contribution is -2.44. The lowest BCUT2D eigenvalue weighted by molar-refractivity contribution is -0.138. The second-order valence-electron chi connectivity index (χ2n) is 5.83. The minimum Gasteiger partial charge on any atom is -0.334 e. The molecule has 0 aliphatic carbocycles. The second-order valence-corrected chi connectivity index (χ2v) is 5.83. The number of rotatable bonds is 7. The van der Waals surface area contributed by atoms with Crippen LogP contribution in [0.2, 0.25) is 0 Å². The molecule has 1 atom stereocenters. The van der Waals surface area contributed by atoms with Gasteiger partial charge in [0, 0.05) is 13.1 Å². The number of imide groups is 1. The average Bonchev–Trinajstić information content (AvgIpc) is 2.79. The fourth-order valence-electron chi connectivity index (χ4n) is 2.64. The van der Waals surface area contributed by atoms with Crippen molar-refractivity contribution in [1.29, 1.82) is 0 Å². The molecule has 1 fully saturated rings. The van der Waals surface area contributed by atoms with Crippen molar-refractivity contribution < 1.29 is 18.8 Å². The van der Waals surface area contributed by atoms with Crippen LogP contribution in [-0.4, -0.2) is 47.3 Å². The lowest BCUT2D eigenvalue weighted by Gasteiger charge is -2.24. The maximum atomic E-state index is 13.1. The van der Waals surface area contributed by atoms with Gasteiger partial charge in [-0.3, -0.25) is 14.5 Å². The van der Waals surface area contributed by atoms with E-state index in [1.54, 1.807) is 12.2 Å². The predicted molar refractivity (Wildman–Crippen MR) is 91.0 cm³/mol. The molecule has 0 saturated carbocycles. The molecule has 1 aliphatic heterocycles. The summed E-state index contributed by atoms with van der Waals surface area (Å²) in [5.74, 6) is -1.40. The third-order valence-electron chi connectivity index (χ3n) is 4.04. The zero-order valence-corrected chi connectivity index (χ0v) is 14.0. The Bertz CT molecular complexity index is 707. The Morgan fingerprint density at radius 1 is 1.24 bits per heavy atom. The number of benzene rings is 1. The van der Waals surface area contributed by atoms with Crippen LogP contribution >= 0.6 is 0 Å². The molecule has 1 aliphatic rings. The molecule has 1 unspecified atom stereocenters. The fraction of sp³-hybridized carbons (Fsp3) is 0.278. The molecular weight excluding hydrogens is 325 g/mol. The number of amides is 4. The summed E-state index contributed by atoms with van der Waals surface area (Å²) < 4.78 is 13.1. The highest BCUT2D eigenvalue weighted by Crippen LogP contribution is 2.28. The van der Waals surface area contributed by atoms with Crippen LogP contribution in [0.15, 0.2) is 49.6 Å². The molecule has 2 rings (SSSR count). The number of nitrogens with one attached hydrogen (secondary N) is 1. The van der Waals surface area contributed by atoms with Gasteiger partial charge in [-0.1, -0.05) is 24.3 Å². The number of carbonyl (C=O) groups is 3. The predicted octanol–water partition coefficient (Wildman–Crippen LogP) is 1.79. The first-order valence-corrected chi connectivity index (χ1v) is 7.73. The van der Waals surface area contributed by atoms with Crippen molar-refractivity contribution in [3.63, 3.8) is 0 Å². The van der Waals surface area contributed by atoms with Crippen LogP contribution in [0.25, 0.3) is 0 Å². The number of hydrogen-bond acceptors (Lipinski definition) is 3. The molecule has 1 aromatic carbocycles. The van der Waals surface area contributed by atoms with Gasteiger partial charge in [0.25, 0.3) is 5.91 Å². The van der Waals surface area contributed by atoms with E-state index in [2.05, 4.69) is 18.5 Å². The van der Waals surface area contributed by atoms with Gasteiger partial charge in [0.2, 0.25) is 5.91 Å². The molecule has 1 aromatic rings. The SMILES string of the molecule is C=CCN(CC=C)C(=O)CN1C(=O)NC(C)(c2ccc(F)cc2)C1=O. The summed E-state index contributed by atoms with van der Waals surface area (Å²) in [5, 5.41) is 2.58. The second kappa shape index (κ2) is 7.29. The van der Waals surface area contributed by atoms with Crippen LogP contribution in [0.1, 0.15) is 12.5 Å². The average molecular weight is 345 g/mol. The van der Waals surface area contributed by atoms with Gasteiger partial charge in [-0.05, 0) is 24.6 Å². The van der Waals surface area contributed by atoms with E-state index in [9.17, 15) is 18.8 Å². The van der Waals surface area contributed by atoms with E-state index >= 15 is 0 Å². The summed E-state index contributed by atoms with van der Waals surface area (Å²) in [6.07, 6.45) is 3.10. The number of halogens is 1. The number of hydrogen-bond donors (Lipinski definition) is 1. The molecule has 25 heavy (non-hydrogen) atoms. The highest BCUT2D eigenvalue weighted by molar-refractivity contribution is 6.09. The van der Waals surface area contributed by atoms with E-state index < -0.39 is 29.2 Å². The molecular formula is C18H20FN3O3. The van der Waals surface area contributed by atoms with Gasteiger partial charge in [0.1, 0.15) is 17.9 Å². The molecule has 0 aromatic heterocycles. The van der Waals surface area contributed by atoms with Gasteiger partial charge in [-0.25, -0.2) is 9.18 Å². The zero-order valence-electron chi connectivity index (χ0n) is 14.0. The summed E-state index contributed by atoms with van der Waals surface area (Å²) in [4.78, 5) is 39.6. The smallest absolute Gasteiger partial charge is 0.325 e. The summed E-state index contributed by atoms with van der Waals surface area (Å²) in [5.41, 5.74) is -0.900. The van der Waals surface area contributed by atoms with Crippen molar-refractivity contribution >= 4 is 17.8 Å². The number of nitrogens with zero attached hydrogens (tertiary/aromatic N) is 2. The topological polar surface area (TPSA) is 69.7 Å². The molecule has 1 saturated heterocycles. The van der Waals surface area contributed by atoms with Crippen LogP contribution in [0.3, 0.4) is 0 Å². The number of carbonyl (C=O) groups excluding carboxylic acids is 3. The van der Waals surface area contributed by atoms with Crippen LogP contribution < -0.4 is 5.32 Å². The fourth-order valence-corrected chi connectivity index (χ4v) is 2.64. The third kappa shape index (κ3) is 3.60. The monoisotopic (exact) mass is 345 g/mol. The van der Waals surface area contributed by atoms with E-state index in [1.807, 2.05) is 0 Å². The molecule has 7 heteroatoms. The Kier molecular flexibility index (Phi) is 5.36.